The molecule has 0 amide bonds. The van der Waals surface area contributed by atoms with Gasteiger partial charge in [-0.3, -0.25) is 0 Å². The number of ether oxygens (including phenoxy) is 2. The van der Waals surface area contributed by atoms with E-state index in [0.717, 1.165) is 31.9 Å². The first-order valence-corrected chi connectivity index (χ1v) is 7.78. The third-order valence-electron chi connectivity index (χ3n) is 3.85. The van der Waals surface area contributed by atoms with Crippen molar-refractivity contribution in [3.05, 3.63) is 29.3 Å². The Morgan fingerprint density at radius 1 is 1.30 bits per heavy atom. The summed E-state index contributed by atoms with van der Waals surface area (Å²) in [6.45, 7) is 11.1. The predicted molar refractivity (Wildman–Crippen MR) is 82.3 cm³/mol. The smallest absolute Gasteiger partial charge is 0.127 e. The second-order valence-corrected chi connectivity index (χ2v) is 5.63. The van der Waals surface area contributed by atoms with E-state index in [1.165, 1.54) is 11.1 Å². The summed E-state index contributed by atoms with van der Waals surface area (Å²) < 4.78 is 11.9. The van der Waals surface area contributed by atoms with Crippen LogP contribution in [-0.4, -0.2) is 25.9 Å². The molecule has 0 saturated heterocycles. The number of rotatable bonds is 7. The highest BCUT2D eigenvalue weighted by Gasteiger charge is 2.30. The van der Waals surface area contributed by atoms with Crippen LogP contribution in [0, 0.1) is 5.92 Å². The number of benzene rings is 1. The summed E-state index contributed by atoms with van der Waals surface area (Å²) in [4.78, 5) is 0. The molecule has 0 bridgehead atoms. The summed E-state index contributed by atoms with van der Waals surface area (Å²) in [5.41, 5.74) is 2.57. The Morgan fingerprint density at radius 2 is 2.10 bits per heavy atom. The highest BCUT2D eigenvalue weighted by molar-refractivity contribution is 5.46. The molecule has 0 aliphatic carbocycles. The van der Waals surface area contributed by atoms with Crippen molar-refractivity contribution in [3.63, 3.8) is 0 Å². The molecule has 20 heavy (non-hydrogen) atoms. The zero-order chi connectivity index (χ0) is 14.5. The van der Waals surface area contributed by atoms with Crippen LogP contribution >= 0.6 is 0 Å². The molecule has 0 spiro atoms. The van der Waals surface area contributed by atoms with Gasteiger partial charge in [-0.15, -0.1) is 0 Å². The lowest BCUT2D eigenvalue weighted by Crippen LogP contribution is -2.37. The number of nitrogens with one attached hydrogen (secondary N) is 1. The van der Waals surface area contributed by atoms with E-state index in [-0.39, 0.29) is 12.1 Å². The van der Waals surface area contributed by atoms with E-state index in [9.17, 15) is 0 Å². The van der Waals surface area contributed by atoms with Crippen molar-refractivity contribution in [1.82, 2.24) is 5.32 Å². The van der Waals surface area contributed by atoms with Gasteiger partial charge in [-0.25, -0.2) is 0 Å². The normalized spacial score (nSPS) is 16.9. The molecule has 3 heteroatoms. The molecule has 1 N–H and O–H groups in total. The average Bonchev–Trinajstić information content (AvgIpc) is 2.90. The van der Waals surface area contributed by atoms with E-state index in [1.54, 1.807) is 0 Å². The first-order chi connectivity index (χ1) is 9.69. The molecule has 3 nitrogen and oxygen atoms in total. The summed E-state index contributed by atoms with van der Waals surface area (Å²) in [6, 6.07) is 6.66. The van der Waals surface area contributed by atoms with Crippen LogP contribution in [0.4, 0.5) is 0 Å². The Hall–Kier alpha value is -1.06. The number of hydrogen-bond acceptors (Lipinski definition) is 3. The molecule has 1 heterocycles. The van der Waals surface area contributed by atoms with Gasteiger partial charge in [0.05, 0.1) is 18.8 Å². The van der Waals surface area contributed by atoms with Crippen molar-refractivity contribution in [2.24, 2.45) is 5.92 Å². The fourth-order valence-corrected chi connectivity index (χ4v) is 2.97. The molecule has 0 aromatic heterocycles. The van der Waals surface area contributed by atoms with Crippen LogP contribution in [0.15, 0.2) is 18.2 Å². The Bertz CT molecular complexity index is 431. The lowest BCUT2D eigenvalue weighted by Gasteiger charge is -2.31. The van der Waals surface area contributed by atoms with Crippen molar-refractivity contribution in [3.8, 4) is 5.75 Å². The number of likely N-dealkylation sites (N-methyl/N-ethyl adjacent to an activating group) is 1. The van der Waals surface area contributed by atoms with Gasteiger partial charge in [0.15, 0.2) is 0 Å². The quantitative estimate of drug-likeness (QED) is 0.829. The minimum absolute atomic E-state index is 0.163. The predicted octanol–water partition coefficient (Wildman–Crippen LogP) is 3.33. The van der Waals surface area contributed by atoms with Crippen molar-refractivity contribution in [2.45, 2.75) is 46.3 Å². The lowest BCUT2D eigenvalue weighted by atomic mass is 9.91. The molecule has 1 aliphatic rings. The molecule has 1 aromatic carbocycles. The van der Waals surface area contributed by atoms with Gasteiger partial charge in [0.2, 0.25) is 0 Å². The van der Waals surface area contributed by atoms with E-state index >= 15 is 0 Å². The summed E-state index contributed by atoms with van der Waals surface area (Å²) in [6.07, 6.45) is 1.18. The highest BCUT2D eigenvalue weighted by Crippen LogP contribution is 2.36. The van der Waals surface area contributed by atoms with Gasteiger partial charge in [-0.05, 0) is 24.9 Å². The Balaban J connectivity index is 2.35. The molecule has 0 radical (unpaired) electrons. The van der Waals surface area contributed by atoms with Gasteiger partial charge in [0.1, 0.15) is 5.75 Å². The van der Waals surface area contributed by atoms with Crippen molar-refractivity contribution in [1.29, 1.82) is 0 Å². The molecular formula is C17H27NO2. The number of fused-ring (bicyclic) bond motifs is 1. The van der Waals surface area contributed by atoms with E-state index in [0.29, 0.717) is 5.92 Å². The van der Waals surface area contributed by atoms with Crippen LogP contribution in [0.3, 0.4) is 0 Å². The summed E-state index contributed by atoms with van der Waals surface area (Å²) >= 11 is 0. The number of para-hydroxylation sites is 1. The maximum absolute atomic E-state index is 6.01. The number of hydrogen-bond donors (Lipinski definition) is 1. The van der Waals surface area contributed by atoms with Crippen LogP contribution < -0.4 is 10.1 Å². The van der Waals surface area contributed by atoms with Crippen molar-refractivity contribution in [2.75, 3.05) is 19.8 Å². The van der Waals surface area contributed by atoms with Crippen LogP contribution in [0.5, 0.6) is 5.75 Å². The van der Waals surface area contributed by atoms with E-state index in [2.05, 4.69) is 51.2 Å². The van der Waals surface area contributed by atoms with E-state index < -0.39 is 0 Å². The zero-order valence-electron chi connectivity index (χ0n) is 13.1. The Labute approximate surface area is 122 Å². The van der Waals surface area contributed by atoms with Crippen molar-refractivity contribution < 1.29 is 9.47 Å². The van der Waals surface area contributed by atoms with Crippen molar-refractivity contribution >= 4 is 0 Å². The van der Waals surface area contributed by atoms with Gasteiger partial charge in [-0.1, -0.05) is 39.0 Å². The molecule has 112 valence electrons. The van der Waals surface area contributed by atoms with Gasteiger partial charge in [0, 0.05) is 18.6 Å². The first-order valence-electron chi connectivity index (χ1n) is 7.78. The summed E-state index contributed by atoms with van der Waals surface area (Å²) in [7, 11) is 0. The summed E-state index contributed by atoms with van der Waals surface area (Å²) in [5, 5.41) is 3.59. The van der Waals surface area contributed by atoms with Gasteiger partial charge in [-0.2, -0.15) is 0 Å². The van der Waals surface area contributed by atoms with Gasteiger partial charge >= 0.3 is 0 Å². The lowest BCUT2D eigenvalue weighted by molar-refractivity contribution is 0.00266. The topological polar surface area (TPSA) is 30.5 Å². The van der Waals surface area contributed by atoms with E-state index in [1.807, 2.05) is 0 Å². The van der Waals surface area contributed by atoms with Crippen LogP contribution in [0.25, 0.3) is 0 Å². The maximum atomic E-state index is 6.01. The Morgan fingerprint density at radius 3 is 2.75 bits per heavy atom. The van der Waals surface area contributed by atoms with Crippen LogP contribution in [0.1, 0.15) is 44.9 Å². The van der Waals surface area contributed by atoms with E-state index in [4.69, 9.17) is 9.47 Å². The maximum Gasteiger partial charge on any atom is 0.127 e. The molecular weight excluding hydrogens is 250 g/mol. The minimum atomic E-state index is 0.163. The average molecular weight is 277 g/mol. The van der Waals surface area contributed by atoms with Crippen LogP contribution in [0.2, 0.25) is 0 Å². The second-order valence-electron chi connectivity index (χ2n) is 5.63. The molecule has 2 atom stereocenters. The molecule has 0 fully saturated rings. The fourth-order valence-electron chi connectivity index (χ4n) is 2.97. The SMILES string of the molecule is CCNC(c1cccc2c1OCC2)C(OCC)C(C)C. The third-order valence-corrected chi connectivity index (χ3v) is 3.85. The monoisotopic (exact) mass is 277 g/mol. The molecule has 0 saturated carbocycles. The summed E-state index contributed by atoms with van der Waals surface area (Å²) in [5.74, 6) is 1.53. The third kappa shape index (κ3) is 3.15. The fraction of sp³-hybridized carbons (Fsp3) is 0.647. The molecule has 2 unspecified atom stereocenters. The minimum Gasteiger partial charge on any atom is -0.493 e. The van der Waals surface area contributed by atoms with Crippen LogP contribution in [-0.2, 0) is 11.2 Å². The Kier molecular flexibility index (Phi) is 5.44. The van der Waals surface area contributed by atoms with Gasteiger partial charge < -0.3 is 14.8 Å². The molecule has 1 aliphatic heterocycles. The first kappa shape index (κ1) is 15.3. The second kappa shape index (κ2) is 7.09. The highest BCUT2D eigenvalue weighted by atomic mass is 16.5. The van der Waals surface area contributed by atoms with Gasteiger partial charge in [0.25, 0.3) is 0 Å². The molecule has 2 rings (SSSR count). The largest absolute Gasteiger partial charge is 0.493 e. The zero-order valence-corrected chi connectivity index (χ0v) is 13.1. The molecule has 1 aromatic rings. The standard InChI is InChI=1S/C17H27NO2/c1-5-18-15(16(12(3)4)19-6-2)14-9-7-8-13-10-11-20-17(13)14/h7-9,12,15-16,18H,5-6,10-11H2,1-4H3.